The summed E-state index contributed by atoms with van der Waals surface area (Å²) in [6.45, 7) is 17.9. The molecule has 0 aliphatic carbocycles. The third-order valence-electron chi connectivity index (χ3n) is 3.47. The zero-order chi connectivity index (χ0) is 13.4. The number of nitrogens with one attached hydrogen (secondary N) is 1. The van der Waals surface area contributed by atoms with Gasteiger partial charge in [0.2, 0.25) is 0 Å². The van der Waals surface area contributed by atoms with Gasteiger partial charge in [-0.1, -0.05) is 55.4 Å². The van der Waals surface area contributed by atoms with E-state index in [-0.39, 0.29) is 5.41 Å². The van der Waals surface area contributed by atoms with E-state index in [1.165, 1.54) is 11.4 Å². The first-order valence-electron chi connectivity index (χ1n) is 6.74. The van der Waals surface area contributed by atoms with E-state index >= 15 is 0 Å². The van der Waals surface area contributed by atoms with Crippen LogP contribution in [0.5, 0.6) is 0 Å². The SMILES string of the molecule is CC(C)c1nc(C(C)(C)C)[nH]c1C(C)C(C)C. The van der Waals surface area contributed by atoms with Gasteiger partial charge in [0.1, 0.15) is 5.82 Å². The Bertz CT molecular complexity index is 367. The van der Waals surface area contributed by atoms with Crippen LogP contribution < -0.4 is 0 Å². The number of hydrogen-bond donors (Lipinski definition) is 1. The van der Waals surface area contributed by atoms with E-state index in [4.69, 9.17) is 4.98 Å². The van der Waals surface area contributed by atoms with Gasteiger partial charge in [-0.2, -0.15) is 0 Å². The molecule has 98 valence electrons. The Morgan fingerprint density at radius 3 is 1.88 bits per heavy atom. The van der Waals surface area contributed by atoms with Gasteiger partial charge < -0.3 is 4.98 Å². The quantitative estimate of drug-likeness (QED) is 0.817. The Hall–Kier alpha value is -0.790. The monoisotopic (exact) mass is 236 g/mol. The van der Waals surface area contributed by atoms with Gasteiger partial charge in [-0.15, -0.1) is 0 Å². The van der Waals surface area contributed by atoms with Gasteiger partial charge >= 0.3 is 0 Å². The standard InChI is InChI=1S/C15H28N2/c1-9(2)11(5)13-12(10(3)4)16-14(17-13)15(6,7)8/h9-11H,1-8H3,(H,16,17). The molecule has 2 nitrogen and oxygen atoms in total. The summed E-state index contributed by atoms with van der Waals surface area (Å²) in [5, 5.41) is 0. The van der Waals surface area contributed by atoms with Crippen LogP contribution in [0.25, 0.3) is 0 Å². The number of hydrogen-bond acceptors (Lipinski definition) is 1. The molecule has 1 rings (SSSR count). The molecule has 0 aliphatic heterocycles. The first-order chi connectivity index (χ1) is 7.64. The highest BCUT2D eigenvalue weighted by Crippen LogP contribution is 2.31. The van der Waals surface area contributed by atoms with Crippen LogP contribution in [0.1, 0.15) is 84.4 Å². The van der Waals surface area contributed by atoms with Gasteiger partial charge in [0, 0.05) is 17.0 Å². The maximum Gasteiger partial charge on any atom is 0.112 e. The maximum absolute atomic E-state index is 4.83. The average Bonchev–Trinajstić information content (AvgIpc) is 2.59. The van der Waals surface area contributed by atoms with E-state index in [0.717, 1.165) is 5.82 Å². The molecule has 1 unspecified atom stereocenters. The van der Waals surface area contributed by atoms with Crippen molar-refractivity contribution in [2.45, 2.75) is 72.6 Å². The summed E-state index contributed by atoms with van der Waals surface area (Å²) in [7, 11) is 0. The van der Waals surface area contributed by atoms with E-state index in [1.807, 2.05) is 0 Å². The van der Waals surface area contributed by atoms with Gasteiger partial charge in [0.15, 0.2) is 0 Å². The fraction of sp³-hybridized carbons (Fsp3) is 0.800. The van der Waals surface area contributed by atoms with Gasteiger partial charge in [0.05, 0.1) is 5.69 Å². The van der Waals surface area contributed by atoms with Crippen LogP contribution in [-0.4, -0.2) is 9.97 Å². The summed E-state index contributed by atoms with van der Waals surface area (Å²) in [5.41, 5.74) is 2.68. The molecule has 2 heteroatoms. The van der Waals surface area contributed by atoms with Crippen molar-refractivity contribution in [2.75, 3.05) is 0 Å². The summed E-state index contributed by atoms with van der Waals surface area (Å²) < 4.78 is 0. The highest BCUT2D eigenvalue weighted by molar-refractivity contribution is 5.24. The van der Waals surface area contributed by atoms with Gasteiger partial charge in [-0.3, -0.25) is 0 Å². The summed E-state index contributed by atoms with van der Waals surface area (Å²) in [5.74, 6) is 2.78. The molecule has 1 atom stereocenters. The zero-order valence-electron chi connectivity index (χ0n) is 12.7. The lowest BCUT2D eigenvalue weighted by atomic mass is 9.91. The van der Waals surface area contributed by atoms with Gasteiger partial charge in [0.25, 0.3) is 0 Å². The van der Waals surface area contributed by atoms with Crippen LogP contribution in [0.4, 0.5) is 0 Å². The maximum atomic E-state index is 4.83. The second kappa shape index (κ2) is 4.83. The van der Waals surface area contributed by atoms with Crippen molar-refractivity contribution in [1.82, 2.24) is 9.97 Å². The number of H-pyrrole nitrogens is 1. The van der Waals surface area contributed by atoms with Crippen molar-refractivity contribution < 1.29 is 0 Å². The van der Waals surface area contributed by atoms with E-state index < -0.39 is 0 Å². The second-order valence-corrected chi connectivity index (χ2v) is 6.82. The van der Waals surface area contributed by atoms with Crippen molar-refractivity contribution in [1.29, 1.82) is 0 Å². The van der Waals surface area contributed by atoms with Crippen molar-refractivity contribution in [3.05, 3.63) is 17.2 Å². The van der Waals surface area contributed by atoms with Crippen molar-refractivity contribution in [3.8, 4) is 0 Å². The van der Waals surface area contributed by atoms with E-state index in [1.54, 1.807) is 0 Å². The minimum atomic E-state index is 0.0958. The van der Waals surface area contributed by atoms with E-state index in [0.29, 0.717) is 17.8 Å². The molecule has 1 N–H and O–H groups in total. The lowest BCUT2D eigenvalue weighted by molar-refractivity contribution is 0.512. The summed E-state index contributed by atoms with van der Waals surface area (Å²) in [6.07, 6.45) is 0. The smallest absolute Gasteiger partial charge is 0.112 e. The predicted molar refractivity (Wildman–Crippen MR) is 74.6 cm³/mol. The molecule has 0 aliphatic rings. The van der Waals surface area contributed by atoms with Crippen molar-refractivity contribution in [2.24, 2.45) is 5.92 Å². The summed E-state index contributed by atoms with van der Waals surface area (Å²) >= 11 is 0. The van der Waals surface area contributed by atoms with Crippen LogP contribution in [-0.2, 0) is 5.41 Å². The topological polar surface area (TPSA) is 28.7 Å². The lowest BCUT2D eigenvalue weighted by Crippen LogP contribution is -2.13. The Morgan fingerprint density at radius 2 is 1.53 bits per heavy atom. The van der Waals surface area contributed by atoms with E-state index in [9.17, 15) is 0 Å². The number of aromatic nitrogens is 2. The fourth-order valence-corrected chi connectivity index (χ4v) is 1.88. The first kappa shape index (κ1) is 14.3. The zero-order valence-corrected chi connectivity index (χ0v) is 12.7. The number of imidazole rings is 1. The molecule has 1 aromatic heterocycles. The average molecular weight is 236 g/mol. The van der Waals surface area contributed by atoms with Crippen molar-refractivity contribution in [3.63, 3.8) is 0 Å². The molecule has 0 amide bonds. The molecule has 0 spiro atoms. The minimum Gasteiger partial charge on any atom is -0.345 e. The molecule has 0 bridgehead atoms. The summed E-state index contributed by atoms with van der Waals surface area (Å²) in [4.78, 5) is 8.40. The Balaban J connectivity index is 3.24. The molecule has 1 heterocycles. The highest BCUT2D eigenvalue weighted by Gasteiger charge is 2.25. The van der Waals surface area contributed by atoms with E-state index in [2.05, 4.69) is 60.4 Å². The Morgan fingerprint density at radius 1 is 1.00 bits per heavy atom. The van der Waals surface area contributed by atoms with Crippen LogP contribution in [0.15, 0.2) is 0 Å². The molecule has 0 saturated carbocycles. The molecule has 0 fully saturated rings. The Kier molecular flexibility index (Phi) is 4.06. The van der Waals surface area contributed by atoms with Gasteiger partial charge in [-0.05, 0) is 11.8 Å². The van der Waals surface area contributed by atoms with Gasteiger partial charge in [-0.25, -0.2) is 4.98 Å². The molecule has 0 aromatic carbocycles. The predicted octanol–water partition coefficient (Wildman–Crippen LogP) is 4.59. The number of nitrogens with zero attached hydrogens (tertiary/aromatic N) is 1. The number of aromatic amines is 1. The highest BCUT2D eigenvalue weighted by atomic mass is 15.0. The number of rotatable bonds is 3. The van der Waals surface area contributed by atoms with Crippen LogP contribution in [0.2, 0.25) is 0 Å². The normalized spacial score (nSPS) is 14.7. The molecular formula is C15H28N2. The molecule has 1 aromatic rings. The van der Waals surface area contributed by atoms with Crippen molar-refractivity contribution >= 4 is 0 Å². The third kappa shape index (κ3) is 3.11. The largest absolute Gasteiger partial charge is 0.345 e. The van der Waals surface area contributed by atoms with Crippen LogP contribution >= 0.6 is 0 Å². The lowest BCUT2D eigenvalue weighted by Gasteiger charge is -2.17. The second-order valence-electron chi connectivity index (χ2n) is 6.82. The Labute approximate surface area is 106 Å². The molecule has 17 heavy (non-hydrogen) atoms. The molecular weight excluding hydrogens is 208 g/mol. The van der Waals surface area contributed by atoms with Crippen LogP contribution in [0.3, 0.4) is 0 Å². The van der Waals surface area contributed by atoms with Crippen LogP contribution in [0, 0.1) is 5.92 Å². The third-order valence-corrected chi connectivity index (χ3v) is 3.47. The summed E-state index contributed by atoms with van der Waals surface area (Å²) in [6, 6.07) is 0. The molecule has 0 radical (unpaired) electrons. The first-order valence-corrected chi connectivity index (χ1v) is 6.74. The fourth-order valence-electron chi connectivity index (χ4n) is 1.88. The molecule has 0 saturated heterocycles. The minimum absolute atomic E-state index is 0.0958.